The van der Waals surface area contributed by atoms with Gasteiger partial charge in [0.15, 0.2) is 0 Å². The van der Waals surface area contributed by atoms with Crippen molar-refractivity contribution in [3.63, 3.8) is 0 Å². The Labute approximate surface area is 83.3 Å². The Morgan fingerprint density at radius 2 is 2.14 bits per heavy atom. The van der Waals surface area contributed by atoms with E-state index < -0.39 is 4.92 Å². The predicted octanol–water partition coefficient (Wildman–Crippen LogP) is 2.45. The van der Waals surface area contributed by atoms with Crippen molar-refractivity contribution in [2.75, 3.05) is 11.9 Å². The molecule has 0 saturated heterocycles. The zero-order valence-electron chi connectivity index (χ0n) is 8.65. The first-order valence-electron chi connectivity index (χ1n) is 4.58. The maximum Gasteiger partial charge on any atom is 0.287 e. The minimum Gasteiger partial charge on any atom is -0.370 e. The molecule has 0 aliphatic carbocycles. The highest BCUT2D eigenvalue weighted by Gasteiger charge is 2.03. The molecule has 0 fully saturated rings. The lowest BCUT2D eigenvalue weighted by molar-refractivity contribution is -0.385. The van der Waals surface area contributed by atoms with Crippen LogP contribution in [0.15, 0.2) is 18.3 Å². The van der Waals surface area contributed by atoms with Gasteiger partial charge >= 0.3 is 0 Å². The van der Waals surface area contributed by atoms with Crippen molar-refractivity contribution >= 4 is 11.5 Å². The lowest BCUT2D eigenvalue weighted by Gasteiger charge is -1.99. The number of anilines is 1. The van der Waals surface area contributed by atoms with Crippen molar-refractivity contribution in [1.29, 1.82) is 0 Å². The van der Waals surface area contributed by atoms with Crippen molar-refractivity contribution in [3.8, 4) is 0 Å². The molecule has 0 radical (unpaired) electrons. The molecule has 78 valence electrons. The van der Waals surface area contributed by atoms with Crippen LogP contribution in [-0.4, -0.2) is 16.5 Å². The highest BCUT2D eigenvalue weighted by atomic mass is 16.6. The molecule has 1 rings (SSSR count). The summed E-state index contributed by atoms with van der Waals surface area (Å²) in [6, 6.07) is 3.01. The summed E-state index contributed by atoms with van der Waals surface area (Å²) in [5.74, 6) is 0.656. The summed E-state index contributed by atoms with van der Waals surface area (Å²) in [6.07, 6.45) is 1.23. The van der Waals surface area contributed by atoms with Crippen LogP contribution in [0, 0.1) is 10.1 Å². The van der Waals surface area contributed by atoms with Gasteiger partial charge in [0.2, 0.25) is 0 Å². The van der Waals surface area contributed by atoms with E-state index >= 15 is 0 Å². The smallest absolute Gasteiger partial charge is 0.287 e. The monoisotopic (exact) mass is 197 g/mol. The van der Waals surface area contributed by atoms with Gasteiger partial charge in [-0.15, -0.1) is 0 Å². The first-order chi connectivity index (χ1) is 6.74. The standard InChI is InChI=1S/C7H9N3O2.C2H6/c1-2-8-7-4-3-6(5-9-7)10(11)12;1-2/h3-5H,2H2,1H3,(H,8,9);1-2H3. The van der Waals surface area contributed by atoms with Gasteiger partial charge < -0.3 is 5.32 Å². The zero-order valence-corrected chi connectivity index (χ0v) is 8.65. The van der Waals surface area contributed by atoms with Gasteiger partial charge in [-0.1, -0.05) is 13.8 Å². The molecular formula is C9H15N3O2. The van der Waals surface area contributed by atoms with Crippen molar-refractivity contribution in [3.05, 3.63) is 28.4 Å². The van der Waals surface area contributed by atoms with E-state index in [-0.39, 0.29) is 5.69 Å². The first kappa shape index (κ1) is 12.3. The second-order valence-electron chi connectivity index (χ2n) is 2.19. The minimum atomic E-state index is -0.470. The Hall–Kier alpha value is -1.65. The molecule has 1 aromatic heterocycles. The van der Waals surface area contributed by atoms with Crippen LogP contribution in [0.5, 0.6) is 0 Å². The molecule has 0 aliphatic rings. The van der Waals surface area contributed by atoms with E-state index in [1.807, 2.05) is 20.8 Å². The molecule has 14 heavy (non-hydrogen) atoms. The van der Waals surface area contributed by atoms with E-state index in [4.69, 9.17) is 0 Å². The Kier molecular flexibility index (Phi) is 6.02. The number of hydrogen-bond acceptors (Lipinski definition) is 4. The maximum absolute atomic E-state index is 10.2. The molecule has 0 unspecified atom stereocenters. The van der Waals surface area contributed by atoms with E-state index in [1.54, 1.807) is 6.07 Å². The van der Waals surface area contributed by atoms with Crippen LogP contribution >= 0.6 is 0 Å². The molecule has 1 aromatic rings. The van der Waals surface area contributed by atoms with Crippen molar-refractivity contribution < 1.29 is 4.92 Å². The number of aromatic nitrogens is 1. The van der Waals surface area contributed by atoms with Gasteiger partial charge in [0.05, 0.1) is 4.92 Å². The second-order valence-corrected chi connectivity index (χ2v) is 2.19. The average Bonchev–Trinajstić information content (AvgIpc) is 2.22. The van der Waals surface area contributed by atoms with Crippen molar-refractivity contribution in [1.82, 2.24) is 4.98 Å². The molecule has 0 saturated carbocycles. The van der Waals surface area contributed by atoms with Crippen molar-refractivity contribution in [2.45, 2.75) is 20.8 Å². The average molecular weight is 197 g/mol. The minimum absolute atomic E-state index is 0.0108. The van der Waals surface area contributed by atoms with Gasteiger partial charge in [0.1, 0.15) is 12.0 Å². The summed E-state index contributed by atoms with van der Waals surface area (Å²) in [5, 5.41) is 13.2. The molecule has 5 heteroatoms. The highest BCUT2D eigenvalue weighted by Crippen LogP contribution is 2.10. The van der Waals surface area contributed by atoms with Crippen LogP contribution in [0.25, 0.3) is 0 Å². The highest BCUT2D eigenvalue weighted by molar-refractivity contribution is 5.39. The van der Waals surface area contributed by atoms with Crippen LogP contribution in [0.4, 0.5) is 11.5 Å². The van der Waals surface area contributed by atoms with Crippen molar-refractivity contribution in [2.24, 2.45) is 0 Å². The van der Waals surface area contributed by atoms with Crippen LogP contribution in [0.2, 0.25) is 0 Å². The summed E-state index contributed by atoms with van der Waals surface area (Å²) in [5.41, 5.74) is 0.0108. The Morgan fingerprint density at radius 3 is 2.50 bits per heavy atom. The molecule has 0 spiro atoms. The zero-order chi connectivity index (χ0) is 11.0. The second kappa shape index (κ2) is 6.82. The molecule has 1 N–H and O–H groups in total. The number of nitrogens with one attached hydrogen (secondary N) is 1. The third kappa shape index (κ3) is 3.84. The lowest BCUT2D eigenvalue weighted by atomic mass is 10.4. The van der Waals surface area contributed by atoms with E-state index in [2.05, 4.69) is 10.3 Å². The summed E-state index contributed by atoms with van der Waals surface area (Å²) < 4.78 is 0. The van der Waals surface area contributed by atoms with Gasteiger partial charge in [0.25, 0.3) is 5.69 Å². The topological polar surface area (TPSA) is 68.1 Å². The third-order valence-corrected chi connectivity index (χ3v) is 1.32. The Morgan fingerprint density at radius 1 is 1.50 bits per heavy atom. The normalized spacial score (nSPS) is 8.50. The van der Waals surface area contributed by atoms with Gasteiger partial charge in [-0.3, -0.25) is 10.1 Å². The molecule has 1 heterocycles. The van der Waals surface area contributed by atoms with E-state index in [0.29, 0.717) is 5.82 Å². The lowest BCUT2D eigenvalue weighted by Crippen LogP contribution is -1.99. The fraction of sp³-hybridized carbons (Fsp3) is 0.444. The Bertz CT molecular complexity index is 272. The Balaban J connectivity index is 0.000000791. The van der Waals surface area contributed by atoms with Gasteiger partial charge in [-0.25, -0.2) is 4.98 Å². The van der Waals surface area contributed by atoms with E-state index in [1.165, 1.54) is 12.3 Å². The predicted molar refractivity (Wildman–Crippen MR) is 56.4 cm³/mol. The molecule has 0 bridgehead atoms. The molecule has 0 amide bonds. The third-order valence-electron chi connectivity index (χ3n) is 1.32. The summed E-state index contributed by atoms with van der Waals surface area (Å²) in [7, 11) is 0. The van der Waals surface area contributed by atoms with Gasteiger partial charge in [0, 0.05) is 12.6 Å². The maximum atomic E-state index is 10.2. The molecule has 0 aliphatic heterocycles. The number of hydrogen-bond donors (Lipinski definition) is 1. The fourth-order valence-corrected chi connectivity index (χ4v) is 0.780. The first-order valence-corrected chi connectivity index (χ1v) is 4.58. The van der Waals surface area contributed by atoms with E-state index in [0.717, 1.165) is 6.54 Å². The van der Waals surface area contributed by atoms with Crippen LogP contribution in [0.1, 0.15) is 20.8 Å². The molecule has 0 atom stereocenters. The molecular weight excluding hydrogens is 182 g/mol. The van der Waals surface area contributed by atoms with Gasteiger partial charge in [-0.2, -0.15) is 0 Å². The van der Waals surface area contributed by atoms with Gasteiger partial charge in [-0.05, 0) is 13.0 Å². The number of nitro groups is 1. The van der Waals surface area contributed by atoms with Crippen LogP contribution < -0.4 is 5.32 Å². The number of pyridine rings is 1. The summed E-state index contributed by atoms with van der Waals surface area (Å²) >= 11 is 0. The van der Waals surface area contributed by atoms with Crippen LogP contribution in [-0.2, 0) is 0 Å². The fourth-order valence-electron chi connectivity index (χ4n) is 0.780. The largest absolute Gasteiger partial charge is 0.370 e. The summed E-state index contributed by atoms with van der Waals surface area (Å²) in [6.45, 7) is 6.69. The number of nitrogens with zero attached hydrogens (tertiary/aromatic N) is 2. The summed E-state index contributed by atoms with van der Waals surface area (Å²) in [4.78, 5) is 13.6. The quantitative estimate of drug-likeness (QED) is 0.597. The number of rotatable bonds is 3. The van der Waals surface area contributed by atoms with Crippen LogP contribution in [0.3, 0.4) is 0 Å². The molecule has 5 nitrogen and oxygen atoms in total. The SMILES string of the molecule is CC.CCNc1ccc([N+](=O)[O-])cn1. The van der Waals surface area contributed by atoms with E-state index in [9.17, 15) is 10.1 Å². The molecule has 0 aromatic carbocycles.